The molecule has 1 saturated heterocycles. The molecule has 0 radical (unpaired) electrons. The number of nitrogens with zero attached hydrogens (tertiary/aromatic N) is 2. The SMILES string of the molecule is CC(C)[C@H](C(=O)N(C)[C@H](C)C(=O)O)N1CCCCC1. The van der Waals surface area contributed by atoms with Crippen LogP contribution in [0.15, 0.2) is 0 Å². The molecule has 2 atom stereocenters. The van der Waals surface area contributed by atoms with Crippen LogP contribution >= 0.6 is 0 Å². The van der Waals surface area contributed by atoms with Crippen molar-refractivity contribution in [3.63, 3.8) is 0 Å². The summed E-state index contributed by atoms with van der Waals surface area (Å²) in [6.07, 6.45) is 3.46. The second-order valence-corrected chi connectivity index (χ2v) is 5.75. The number of amides is 1. The van der Waals surface area contributed by atoms with Gasteiger partial charge in [-0.3, -0.25) is 9.69 Å². The van der Waals surface area contributed by atoms with Crippen molar-refractivity contribution in [2.75, 3.05) is 20.1 Å². The van der Waals surface area contributed by atoms with Gasteiger partial charge in [0.15, 0.2) is 0 Å². The van der Waals surface area contributed by atoms with Gasteiger partial charge < -0.3 is 10.0 Å². The molecule has 0 unspecified atom stereocenters. The first-order chi connectivity index (χ1) is 8.86. The summed E-state index contributed by atoms with van der Waals surface area (Å²) in [5, 5.41) is 9.02. The lowest BCUT2D eigenvalue weighted by Crippen LogP contribution is -2.54. The minimum Gasteiger partial charge on any atom is -0.480 e. The van der Waals surface area contributed by atoms with Crippen LogP contribution in [0.3, 0.4) is 0 Å². The van der Waals surface area contributed by atoms with Crippen LogP contribution in [0.5, 0.6) is 0 Å². The fourth-order valence-electron chi connectivity index (χ4n) is 2.62. The summed E-state index contributed by atoms with van der Waals surface area (Å²) in [6.45, 7) is 7.47. The maximum Gasteiger partial charge on any atom is 0.326 e. The molecule has 0 bridgehead atoms. The molecule has 1 N–H and O–H groups in total. The average molecular weight is 270 g/mol. The van der Waals surface area contributed by atoms with Gasteiger partial charge in [0, 0.05) is 7.05 Å². The molecule has 0 spiro atoms. The van der Waals surface area contributed by atoms with Crippen LogP contribution in [0.2, 0.25) is 0 Å². The third kappa shape index (κ3) is 3.93. The average Bonchev–Trinajstić information content (AvgIpc) is 2.37. The second-order valence-electron chi connectivity index (χ2n) is 5.75. The summed E-state index contributed by atoms with van der Waals surface area (Å²) in [5.74, 6) is -0.849. The zero-order valence-electron chi connectivity index (χ0n) is 12.4. The molecule has 0 aliphatic carbocycles. The van der Waals surface area contributed by atoms with Gasteiger partial charge in [-0.05, 0) is 38.8 Å². The van der Waals surface area contributed by atoms with Crippen LogP contribution < -0.4 is 0 Å². The van der Waals surface area contributed by atoms with Crippen LogP contribution in [0.4, 0.5) is 0 Å². The Labute approximate surface area is 115 Å². The molecule has 5 nitrogen and oxygen atoms in total. The van der Waals surface area contributed by atoms with Gasteiger partial charge in [-0.25, -0.2) is 4.79 Å². The molecular weight excluding hydrogens is 244 g/mol. The number of carboxylic acid groups (broad SMARTS) is 1. The van der Waals surface area contributed by atoms with Crippen molar-refractivity contribution in [1.29, 1.82) is 0 Å². The molecule has 1 aliphatic rings. The van der Waals surface area contributed by atoms with Gasteiger partial charge in [0.2, 0.25) is 5.91 Å². The third-order valence-corrected chi connectivity index (χ3v) is 3.95. The van der Waals surface area contributed by atoms with E-state index in [2.05, 4.69) is 4.90 Å². The number of likely N-dealkylation sites (tertiary alicyclic amines) is 1. The first-order valence-electron chi connectivity index (χ1n) is 7.09. The smallest absolute Gasteiger partial charge is 0.326 e. The highest BCUT2D eigenvalue weighted by Gasteiger charge is 2.34. The maximum atomic E-state index is 12.6. The molecule has 1 heterocycles. The number of piperidine rings is 1. The van der Waals surface area contributed by atoms with Gasteiger partial charge in [0.25, 0.3) is 0 Å². The molecule has 5 heteroatoms. The normalized spacial score (nSPS) is 20.1. The fraction of sp³-hybridized carbons (Fsp3) is 0.857. The van der Waals surface area contributed by atoms with Crippen molar-refractivity contribution in [3.05, 3.63) is 0 Å². The van der Waals surface area contributed by atoms with E-state index in [1.807, 2.05) is 13.8 Å². The van der Waals surface area contributed by atoms with E-state index in [-0.39, 0.29) is 17.9 Å². The molecule has 1 amide bonds. The Morgan fingerprint density at radius 3 is 2.05 bits per heavy atom. The highest BCUT2D eigenvalue weighted by Crippen LogP contribution is 2.20. The van der Waals surface area contributed by atoms with Gasteiger partial charge in [-0.2, -0.15) is 0 Å². The van der Waals surface area contributed by atoms with Crippen LogP contribution in [-0.4, -0.2) is 59.0 Å². The van der Waals surface area contributed by atoms with Gasteiger partial charge >= 0.3 is 5.97 Å². The maximum absolute atomic E-state index is 12.6. The zero-order chi connectivity index (χ0) is 14.6. The van der Waals surface area contributed by atoms with Crippen molar-refractivity contribution in [2.45, 2.75) is 52.1 Å². The van der Waals surface area contributed by atoms with E-state index >= 15 is 0 Å². The molecule has 0 aromatic rings. The highest BCUT2D eigenvalue weighted by molar-refractivity contribution is 5.86. The van der Waals surface area contributed by atoms with Crippen molar-refractivity contribution >= 4 is 11.9 Å². The van der Waals surface area contributed by atoms with E-state index < -0.39 is 12.0 Å². The number of rotatable bonds is 5. The predicted octanol–water partition coefficient (Wildman–Crippen LogP) is 1.43. The van der Waals surface area contributed by atoms with Crippen molar-refractivity contribution in [3.8, 4) is 0 Å². The van der Waals surface area contributed by atoms with Gasteiger partial charge in [-0.1, -0.05) is 20.3 Å². The molecule has 1 aliphatic heterocycles. The third-order valence-electron chi connectivity index (χ3n) is 3.95. The lowest BCUT2D eigenvalue weighted by Gasteiger charge is -2.38. The lowest BCUT2D eigenvalue weighted by molar-refractivity contribution is -0.151. The van der Waals surface area contributed by atoms with E-state index in [4.69, 9.17) is 5.11 Å². The Morgan fingerprint density at radius 1 is 1.11 bits per heavy atom. The summed E-state index contributed by atoms with van der Waals surface area (Å²) in [7, 11) is 1.58. The molecule has 0 aromatic carbocycles. The van der Waals surface area contributed by atoms with E-state index in [0.717, 1.165) is 25.9 Å². The summed E-state index contributed by atoms with van der Waals surface area (Å²) >= 11 is 0. The summed E-state index contributed by atoms with van der Waals surface area (Å²) in [5.41, 5.74) is 0. The van der Waals surface area contributed by atoms with Gasteiger partial charge in [0.1, 0.15) is 6.04 Å². The molecule has 0 aromatic heterocycles. The van der Waals surface area contributed by atoms with Crippen molar-refractivity contribution in [2.24, 2.45) is 5.92 Å². The molecule has 110 valence electrons. The standard InChI is InChI=1S/C14H26N2O3/c1-10(2)12(16-8-6-5-7-9-16)13(17)15(4)11(3)14(18)19/h10-12H,5-9H2,1-4H3,(H,18,19)/t11-,12-/m1/s1. The molecular formula is C14H26N2O3. The van der Waals surface area contributed by atoms with Gasteiger partial charge in [0.05, 0.1) is 6.04 Å². The van der Waals surface area contributed by atoms with E-state index in [1.165, 1.54) is 11.3 Å². The first-order valence-corrected chi connectivity index (χ1v) is 7.09. The van der Waals surface area contributed by atoms with E-state index in [0.29, 0.717) is 0 Å². The van der Waals surface area contributed by atoms with E-state index in [9.17, 15) is 9.59 Å². The van der Waals surface area contributed by atoms with Gasteiger partial charge in [-0.15, -0.1) is 0 Å². The number of hydrogen-bond donors (Lipinski definition) is 1. The number of likely N-dealkylation sites (N-methyl/N-ethyl adjacent to an activating group) is 1. The molecule has 1 fully saturated rings. The Bertz CT molecular complexity index is 325. The number of carbonyl (C=O) groups excluding carboxylic acids is 1. The van der Waals surface area contributed by atoms with Crippen molar-refractivity contribution in [1.82, 2.24) is 9.80 Å². The summed E-state index contributed by atoms with van der Waals surface area (Å²) in [4.78, 5) is 27.1. The monoisotopic (exact) mass is 270 g/mol. The largest absolute Gasteiger partial charge is 0.480 e. The number of carboxylic acids is 1. The zero-order valence-corrected chi connectivity index (χ0v) is 12.4. The highest BCUT2D eigenvalue weighted by atomic mass is 16.4. The first kappa shape index (κ1) is 16.0. The topological polar surface area (TPSA) is 60.9 Å². The molecule has 1 rings (SSSR count). The molecule has 19 heavy (non-hydrogen) atoms. The summed E-state index contributed by atoms with van der Waals surface area (Å²) < 4.78 is 0. The minimum absolute atomic E-state index is 0.0770. The minimum atomic E-state index is -0.961. The van der Waals surface area contributed by atoms with Crippen LogP contribution in [0.1, 0.15) is 40.0 Å². The number of hydrogen-bond acceptors (Lipinski definition) is 3. The molecule has 0 saturated carbocycles. The van der Waals surface area contributed by atoms with Crippen LogP contribution in [0, 0.1) is 5.92 Å². The Morgan fingerprint density at radius 2 is 1.63 bits per heavy atom. The Balaban J connectivity index is 2.80. The number of carbonyl (C=O) groups is 2. The van der Waals surface area contributed by atoms with Crippen LogP contribution in [0.25, 0.3) is 0 Å². The van der Waals surface area contributed by atoms with Crippen molar-refractivity contribution < 1.29 is 14.7 Å². The number of aliphatic carboxylic acids is 1. The fourth-order valence-corrected chi connectivity index (χ4v) is 2.62. The Kier molecular flexibility index (Phi) is 5.79. The lowest BCUT2D eigenvalue weighted by atomic mass is 9.97. The van der Waals surface area contributed by atoms with Crippen LogP contribution in [-0.2, 0) is 9.59 Å². The Hall–Kier alpha value is -1.10. The second kappa shape index (κ2) is 6.89. The predicted molar refractivity (Wildman–Crippen MR) is 73.9 cm³/mol. The van der Waals surface area contributed by atoms with E-state index in [1.54, 1.807) is 14.0 Å². The quantitative estimate of drug-likeness (QED) is 0.821. The summed E-state index contributed by atoms with van der Waals surface area (Å²) in [6, 6.07) is -0.981.